The molecule has 4 nitrogen and oxygen atoms in total. The van der Waals surface area contributed by atoms with Crippen molar-refractivity contribution in [1.82, 2.24) is 5.32 Å². The number of rotatable bonds is 72. The molecule has 0 aromatic heterocycles. The first kappa shape index (κ1) is 82.8. The predicted molar refractivity (Wildman–Crippen MR) is 382 cm³/mol. The summed E-state index contributed by atoms with van der Waals surface area (Å²) in [5.41, 5.74) is 0. The largest absolute Gasteiger partial charge is 0.394 e. The number of hydrogen-bond acceptors (Lipinski definition) is 3. The number of nitrogens with one attached hydrogen (secondary N) is 1. The van der Waals surface area contributed by atoms with Crippen molar-refractivity contribution < 1.29 is 15.0 Å². The summed E-state index contributed by atoms with van der Waals surface area (Å²) in [6, 6.07) is -0.539. The summed E-state index contributed by atoms with van der Waals surface area (Å²) in [6.45, 7) is 4.29. The van der Waals surface area contributed by atoms with Crippen LogP contribution in [0.15, 0.2) is 72.9 Å². The zero-order valence-corrected chi connectivity index (χ0v) is 57.6. The van der Waals surface area contributed by atoms with Crippen molar-refractivity contribution in [2.75, 3.05) is 6.61 Å². The van der Waals surface area contributed by atoms with Gasteiger partial charge in [0.1, 0.15) is 0 Å². The van der Waals surface area contributed by atoms with E-state index < -0.39 is 12.1 Å². The quantitative estimate of drug-likeness (QED) is 0.0420. The summed E-state index contributed by atoms with van der Waals surface area (Å²) in [7, 11) is 0. The van der Waals surface area contributed by atoms with Crippen molar-refractivity contribution >= 4 is 5.91 Å². The molecular formula is C81H151NO3. The minimum atomic E-state index is -0.662. The Morgan fingerprint density at radius 1 is 0.294 bits per heavy atom. The molecular weight excluding hydrogens is 1030 g/mol. The number of carbonyl (C=O) groups excluding carboxylic acids is 1. The van der Waals surface area contributed by atoms with Gasteiger partial charge in [0, 0.05) is 6.42 Å². The van der Waals surface area contributed by atoms with Gasteiger partial charge in [-0.15, -0.1) is 0 Å². The molecule has 0 radical (unpaired) electrons. The second-order valence-electron chi connectivity index (χ2n) is 26.4. The summed E-state index contributed by atoms with van der Waals surface area (Å²) >= 11 is 0. The highest BCUT2D eigenvalue weighted by atomic mass is 16.3. The molecule has 2 unspecified atom stereocenters. The van der Waals surface area contributed by atoms with Crippen LogP contribution in [0, 0.1) is 0 Å². The number of carbonyl (C=O) groups is 1. The molecule has 4 heteroatoms. The number of amides is 1. The molecule has 0 saturated carbocycles. The average molecular weight is 1190 g/mol. The molecule has 0 saturated heterocycles. The van der Waals surface area contributed by atoms with Crippen LogP contribution in [-0.4, -0.2) is 34.9 Å². The van der Waals surface area contributed by atoms with E-state index in [-0.39, 0.29) is 12.5 Å². The van der Waals surface area contributed by atoms with Gasteiger partial charge in [-0.05, 0) is 64.2 Å². The van der Waals surface area contributed by atoms with Gasteiger partial charge >= 0.3 is 0 Å². The molecule has 85 heavy (non-hydrogen) atoms. The Labute approximate surface area is 533 Å². The Morgan fingerprint density at radius 3 is 0.776 bits per heavy atom. The van der Waals surface area contributed by atoms with Gasteiger partial charge in [-0.3, -0.25) is 4.79 Å². The van der Waals surface area contributed by atoms with Crippen LogP contribution in [0.25, 0.3) is 0 Å². The van der Waals surface area contributed by atoms with E-state index in [1.165, 1.54) is 327 Å². The standard InChI is InChI=1S/C81H151NO3/c1-3-5-7-9-11-13-15-17-19-21-23-25-27-29-31-33-35-37-38-39-40-41-42-43-44-45-47-49-51-53-55-57-59-61-63-65-67-69-71-73-75-77-81(85)82-79(78-83)80(84)76-74-72-70-68-66-64-62-60-58-56-54-52-50-48-46-36-34-32-30-28-26-24-22-20-18-16-14-12-10-8-6-4-2/h5,7,11,13,17,19,23,25,29,31,35,37,79-80,83-84H,3-4,6,8-10,12,14-16,18,20-22,24,26-28,30,32-34,36,38-78H2,1-2H3,(H,82,85)/b7-5-,13-11-,19-17-,25-23-,31-29-,37-35-. The van der Waals surface area contributed by atoms with Crippen LogP contribution in [0.4, 0.5) is 0 Å². The molecule has 0 aromatic rings. The zero-order chi connectivity index (χ0) is 61.2. The molecule has 0 aliphatic rings. The fraction of sp³-hybridized carbons (Fsp3) is 0.840. The van der Waals surface area contributed by atoms with Gasteiger partial charge in [0.05, 0.1) is 18.8 Å². The maximum atomic E-state index is 12.6. The second-order valence-corrected chi connectivity index (χ2v) is 26.4. The lowest BCUT2D eigenvalue weighted by Gasteiger charge is -2.22. The third kappa shape index (κ3) is 72.5. The molecule has 0 spiro atoms. The lowest BCUT2D eigenvalue weighted by Crippen LogP contribution is -2.45. The minimum Gasteiger partial charge on any atom is -0.394 e. The number of allylic oxidation sites excluding steroid dienone is 12. The number of hydrogen-bond donors (Lipinski definition) is 3. The van der Waals surface area contributed by atoms with Gasteiger partial charge in [-0.25, -0.2) is 0 Å². The average Bonchev–Trinajstić information content (AvgIpc) is 3.51. The summed E-state index contributed by atoms with van der Waals surface area (Å²) in [4.78, 5) is 12.6. The highest BCUT2D eigenvalue weighted by Crippen LogP contribution is 2.20. The van der Waals surface area contributed by atoms with E-state index in [0.717, 1.165) is 64.2 Å². The Morgan fingerprint density at radius 2 is 0.518 bits per heavy atom. The number of aliphatic hydroxyl groups excluding tert-OH is 2. The van der Waals surface area contributed by atoms with Gasteiger partial charge in [-0.2, -0.15) is 0 Å². The van der Waals surface area contributed by atoms with Crippen LogP contribution in [-0.2, 0) is 4.79 Å². The van der Waals surface area contributed by atoms with Crippen LogP contribution >= 0.6 is 0 Å². The van der Waals surface area contributed by atoms with Gasteiger partial charge in [0.15, 0.2) is 0 Å². The van der Waals surface area contributed by atoms with Crippen molar-refractivity contribution in [3.8, 4) is 0 Å². The molecule has 0 heterocycles. The minimum absolute atomic E-state index is 0.0233. The van der Waals surface area contributed by atoms with E-state index >= 15 is 0 Å². The van der Waals surface area contributed by atoms with Crippen molar-refractivity contribution in [1.29, 1.82) is 0 Å². The normalized spacial score (nSPS) is 13.0. The highest BCUT2D eigenvalue weighted by Gasteiger charge is 2.20. The summed E-state index contributed by atoms with van der Waals surface area (Å²) in [5, 5.41) is 23.5. The summed E-state index contributed by atoms with van der Waals surface area (Å²) in [6.07, 6.45) is 110. The SMILES string of the molecule is CC/C=C\C/C=C\C/C=C\C/C=C\C/C=C\C/C=C\CCCCCCCCCCCCCCCCCCCCCCCCC(=O)NC(CO)C(O)CCCCCCCCCCCCCCCCCCCCCCCCCCCCCCCCCC. The Kier molecular flexibility index (Phi) is 74.1. The first-order valence-corrected chi connectivity index (χ1v) is 38.6. The smallest absolute Gasteiger partial charge is 0.220 e. The molecule has 0 aliphatic carbocycles. The fourth-order valence-electron chi connectivity index (χ4n) is 12.2. The molecule has 0 bridgehead atoms. The zero-order valence-electron chi connectivity index (χ0n) is 57.6. The van der Waals surface area contributed by atoms with Crippen molar-refractivity contribution in [2.24, 2.45) is 0 Å². The maximum absolute atomic E-state index is 12.6. The Hall–Kier alpha value is -2.17. The van der Waals surface area contributed by atoms with E-state index in [0.29, 0.717) is 12.8 Å². The van der Waals surface area contributed by atoms with E-state index in [1.54, 1.807) is 0 Å². The first-order chi connectivity index (χ1) is 42.2. The van der Waals surface area contributed by atoms with Gasteiger partial charge in [-0.1, -0.05) is 421 Å². The summed E-state index contributed by atoms with van der Waals surface area (Å²) < 4.78 is 0. The maximum Gasteiger partial charge on any atom is 0.220 e. The van der Waals surface area contributed by atoms with Crippen LogP contribution in [0.1, 0.15) is 418 Å². The van der Waals surface area contributed by atoms with Gasteiger partial charge < -0.3 is 15.5 Å². The van der Waals surface area contributed by atoms with Crippen LogP contribution < -0.4 is 5.32 Å². The van der Waals surface area contributed by atoms with Crippen LogP contribution in [0.3, 0.4) is 0 Å². The van der Waals surface area contributed by atoms with E-state index in [9.17, 15) is 15.0 Å². The third-order valence-corrected chi connectivity index (χ3v) is 18.0. The predicted octanol–water partition coefficient (Wildman–Crippen LogP) is 26.8. The number of aliphatic hydroxyl groups is 2. The summed E-state index contributed by atoms with van der Waals surface area (Å²) in [5.74, 6) is -0.0233. The molecule has 0 rings (SSSR count). The molecule has 3 N–H and O–H groups in total. The lowest BCUT2D eigenvalue weighted by molar-refractivity contribution is -0.123. The molecule has 1 amide bonds. The van der Waals surface area contributed by atoms with Gasteiger partial charge in [0.2, 0.25) is 5.91 Å². The monoisotopic (exact) mass is 1190 g/mol. The molecule has 0 fully saturated rings. The lowest BCUT2D eigenvalue weighted by atomic mass is 10.0. The second kappa shape index (κ2) is 76.1. The van der Waals surface area contributed by atoms with Crippen LogP contribution in [0.5, 0.6) is 0 Å². The first-order valence-electron chi connectivity index (χ1n) is 38.6. The molecule has 2 atom stereocenters. The van der Waals surface area contributed by atoms with E-state index in [4.69, 9.17) is 0 Å². The van der Waals surface area contributed by atoms with Crippen molar-refractivity contribution in [2.45, 2.75) is 431 Å². The highest BCUT2D eigenvalue weighted by molar-refractivity contribution is 5.76. The van der Waals surface area contributed by atoms with E-state index in [2.05, 4.69) is 92.1 Å². The fourth-order valence-corrected chi connectivity index (χ4v) is 12.2. The Balaban J connectivity index is 3.39. The van der Waals surface area contributed by atoms with Gasteiger partial charge in [0.25, 0.3) is 0 Å². The number of unbranched alkanes of at least 4 members (excludes halogenated alkanes) is 53. The molecule has 0 aromatic carbocycles. The van der Waals surface area contributed by atoms with E-state index in [1.807, 2.05) is 0 Å². The third-order valence-electron chi connectivity index (χ3n) is 18.0. The van der Waals surface area contributed by atoms with Crippen molar-refractivity contribution in [3.63, 3.8) is 0 Å². The Bertz CT molecular complexity index is 1440. The molecule has 498 valence electrons. The topological polar surface area (TPSA) is 69.6 Å². The van der Waals surface area contributed by atoms with Crippen molar-refractivity contribution in [3.05, 3.63) is 72.9 Å². The van der Waals surface area contributed by atoms with Crippen LogP contribution in [0.2, 0.25) is 0 Å². The molecule has 0 aliphatic heterocycles.